The Kier molecular flexibility index (Phi) is 7.36. The Morgan fingerprint density at radius 3 is 2.30 bits per heavy atom. The van der Waals surface area contributed by atoms with E-state index in [0.717, 1.165) is 35.2 Å². The van der Waals surface area contributed by atoms with E-state index >= 15 is 0 Å². The second kappa shape index (κ2) is 9.81. The third-order valence-corrected chi connectivity index (χ3v) is 11.7. The summed E-state index contributed by atoms with van der Waals surface area (Å²) in [6, 6.07) is 4.97. The number of carbonyl (C=O) groups excluding carboxylic acids is 1. The van der Waals surface area contributed by atoms with Crippen molar-refractivity contribution < 1.29 is 31.1 Å². The van der Waals surface area contributed by atoms with E-state index < -0.39 is 48.2 Å². The van der Waals surface area contributed by atoms with E-state index in [1.807, 2.05) is 37.9 Å². The molecule has 2 heterocycles. The first-order valence-electron chi connectivity index (χ1n) is 12.0. The summed E-state index contributed by atoms with van der Waals surface area (Å²) in [5.74, 6) is -1.45. The van der Waals surface area contributed by atoms with Crippen molar-refractivity contribution in [3.63, 3.8) is 0 Å². The first-order chi connectivity index (χ1) is 17.1. The number of carbonyl (C=O) groups is 1. The van der Waals surface area contributed by atoms with Crippen LogP contribution in [0.3, 0.4) is 0 Å². The van der Waals surface area contributed by atoms with Crippen molar-refractivity contribution in [2.75, 3.05) is 29.9 Å². The molecule has 2 fully saturated rings. The van der Waals surface area contributed by atoms with E-state index in [0.29, 0.717) is 5.69 Å². The summed E-state index contributed by atoms with van der Waals surface area (Å²) in [4.78, 5) is 28.4. The van der Waals surface area contributed by atoms with Crippen LogP contribution in [-0.4, -0.2) is 71.0 Å². The zero-order chi connectivity index (χ0) is 27.3. The number of hydrogen-bond acceptors (Lipinski definition) is 5. The monoisotopic (exact) mass is 637 g/mol. The molecule has 4 rings (SSSR count). The molecule has 202 valence electrons. The number of alkyl halides is 6. The first kappa shape index (κ1) is 27.8. The molecule has 1 saturated carbocycles. The van der Waals surface area contributed by atoms with Gasteiger partial charge in [-0.25, -0.2) is 0 Å². The molecule has 1 amide bonds. The molecule has 0 radical (unpaired) electrons. The summed E-state index contributed by atoms with van der Waals surface area (Å²) >= 11 is -3.25. The van der Waals surface area contributed by atoms with Gasteiger partial charge in [0.1, 0.15) is 0 Å². The zero-order valence-electron chi connectivity index (χ0n) is 21.0. The maximum atomic E-state index is 13.5. The molecule has 1 aromatic carbocycles. The van der Waals surface area contributed by atoms with Gasteiger partial charge in [0.25, 0.3) is 0 Å². The fourth-order valence-corrected chi connectivity index (χ4v) is 8.75. The molecular weight excluding hydrogens is 607 g/mol. The average Bonchev–Trinajstić information content (AvgIpc) is 3.62. The number of amides is 1. The predicted molar refractivity (Wildman–Crippen MR) is 131 cm³/mol. The van der Waals surface area contributed by atoms with Crippen molar-refractivity contribution in [2.24, 2.45) is 0 Å². The van der Waals surface area contributed by atoms with E-state index in [4.69, 9.17) is 0 Å². The van der Waals surface area contributed by atoms with Crippen molar-refractivity contribution in [2.45, 2.75) is 58.9 Å². The average molecular weight is 636 g/mol. The molecule has 1 N–H and O–H groups in total. The topological polar surface area (TPSA) is 61.4 Å². The SMILES string of the molecule is CC1CN(c2ccc(Nc3ncc(C(F)(F)F)[c]([Sn]([CH3])([CH3])[CH3])n3)c(C3CC3)c2)CCN1C(=O)C(F)(F)F. The van der Waals surface area contributed by atoms with Gasteiger partial charge in [-0.15, -0.1) is 0 Å². The van der Waals surface area contributed by atoms with Crippen LogP contribution >= 0.6 is 0 Å². The summed E-state index contributed by atoms with van der Waals surface area (Å²) in [7, 11) is 0. The Bertz CT molecular complexity index is 1180. The Hall–Kier alpha value is -2.25. The molecule has 1 saturated heterocycles. The molecule has 1 aromatic heterocycles. The minimum atomic E-state index is -4.90. The number of halogens is 6. The quantitative estimate of drug-likeness (QED) is 0.359. The van der Waals surface area contributed by atoms with Crippen molar-refractivity contribution in [1.29, 1.82) is 0 Å². The van der Waals surface area contributed by atoms with Crippen LogP contribution in [0.4, 0.5) is 43.7 Å². The number of nitrogens with zero attached hydrogens (tertiary/aromatic N) is 4. The van der Waals surface area contributed by atoms with E-state index in [1.165, 1.54) is 0 Å². The van der Waals surface area contributed by atoms with Crippen LogP contribution in [0.15, 0.2) is 24.4 Å². The number of hydrogen-bond donors (Lipinski definition) is 1. The van der Waals surface area contributed by atoms with Gasteiger partial charge in [0.2, 0.25) is 0 Å². The zero-order valence-corrected chi connectivity index (χ0v) is 23.8. The van der Waals surface area contributed by atoms with Crippen molar-refractivity contribution in [3.05, 3.63) is 35.5 Å². The molecule has 1 unspecified atom stereocenters. The molecule has 0 spiro atoms. The molecule has 2 aromatic rings. The van der Waals surface area contributed by atoms with Gasteiger partial charge in [-0.1, -0.05) is 0 Å². The third-order valence-electron chi connectivity index (χ3n) is 6.60. The number of piperazine rings is 1. The molecule has 1 aliphatic heterocycles. The van der Waals surface area contributed by atoms with Gasteiger partial charge in [0.15, 0.2) is 0 Å². The summed E-state index contributed by atoms with van der Waals surface area (Å²) in [6.45, 7) is 2.06. The van der Waals surface area contributed by atoms with Crippen LogP contribution in [0, 0.1) is 0 Å². The third kappa shape index (κ3) is 6.25. The Morgan fingerprint density at radius 2 is 1.76 bits per heavy atom. The standard InChI is InChI=1S/C21H20F6N5O.3CH3.Sn/c1-12-11-31(6-7-32(12)18(33)21(25,26)27)15-4-5-17(16(8-15)13-2-3-13)30-19-28-9-14(10-29-19)20(22,23)24;;;;/h4-5,8-9,12-13H,2-3,6-7,11H2,1H3,(H,28,29,30);3*1H3;. The number of benzene rings is 1. The number of nitrogens with one attached hydrogen (secondary N) is 1. The Balaban J connectivity index is 1.57. The van der Waals surface area contributed by atoms with Gasteiger partial charge in [0.05, 0.1) is 0 Å². The van der Waals surface area contributed by atoms with Gasteiger partial charge in [0, 0.05) is 0 Å². The van der Waals surface area contributed by atoms with Crippen LogP contribution in [0.5, 0.6) is 0 Å². The second-order valence-corrected chi connectivity index (χ2v) is 24.9. The molecule has 0 bridgehead atoms. The molecule has 1 aliphatic carbocycles. The van der Waals surface area contributed by atoms with Gasteiger partial charge >= 0.3 is 198 Å². The fraction of sp³-hybridized carbons (Fsp3) is 0.542. The summed E-state index contributed by atoms with van der Waals surface area (Å²) in [5.41, 5.74) is 1.69. The normalized spacial score (nSPS) is 19.2. The van der Waals surface area contributed by atoms with Gasteiger partial charge in [-0.05, 0) is 0 Å². The molecule has 1 atom stereocenters. The Labute approximate surface area is 215 Å². The molecule has 13 heteroatoms. The molecular formula is C24H29F6N5OSn. The van der Waals surface area contributed by atoms with Crippen molar-refractivity contribution >= 4 is 45.3 Å². The second-order valence-electron chi connectivity index (χ2n) is 10.7. The predicted octanol–water partition coefficient (Wildman–Crippen LogP) is 5.26. The van der Waals surface area contributed by atoms with Gasteiger partial charge in [-0.2, -0.15) is 13.2 Å². The minimum Gasteiger partial charge on any atom is -0.264 e. The van der Waals surface area contributed by atoms with E-state index in [1.54, 1.807) is 6.92 Å². The summed E-state index contributed by atoms with van der Waals surface area (Å²) in [5, 5.41) is 3.11. The first-order valence-corrected chi connectivity index (χ1v) is 22.0. The van der Waals surface area contributed by atoms with Crippen LogP contribution in [0.1, 0.15) is 36.8 Å². The van der Waals surface area contributed by atoms with Crippen LogP contribution in [0.2, 0.25) is 14.8 Å². The smallest absolute Gasteiger partial charge is 0.264 e. The fourth-order valence-electron chi connectivity index (χ4n) is 4.59. The van der Waals surface area contributed by atoms with Crippen LogP contribution < -0.4 is 13.9 Å². The number of rotatable bonds is 5. The van der Waals surface area contributed by atoms with Crippen molar-refractivity contribution in [1.82, 2.24) is 14.9 Å². The maximum absolute atomic E-state index is 13.5. The number of aromatic nitrogens is 2. The van der Waals surface area contributed by atoms with E-state index in [-0.39, 0.29) is 35.2 Å². The summed E-state index contributed by atoms with van der Waals surface area (Å²) < 4.78 is 79.4. The summed E-state index contributed by atoms with van der Waals surface area (Å²) in [6.07, 6.45) is -6.66. The minimum absolute atomic E-state index is 0.0425. The number of anilines is 3. The van der Waals surface area contributed by atoms with Gasteiger partial charge in [-0.3, -0.25) is 4.79 Å². The van der Waals surface area contributed by atoms with Crippen molar-refractivity contribution in [3.8, 4) is 0 Å². The molecule has 37 heavy (non-hydrogen) atoms. The molecule has 2 aliphatic rings. The Morgan fingerprint density at radius 1 is 1.08 bits per heavy atom. The molecule has 6 nitrogen and oxygen atoms in total. The van der Waals surface area contributed by atoms with E-state index in [2.05, 4.69) is 15.3 Å². The van der Waals surface area contributed by atoms with Gasteiger partial charge < -0.3 is 0 Å². The van der Waals surface area contributed by atoms with E-state index in [9.17, 15) is 31.1 Å². The van der Waals surface area contributed by atoms with Crippen LogP contribution in [-0.2, 0) is 11.0 Å². The van der Waals surface area contributed by atoms with Crippen LogP contribution in [0.25, 0.3) is 0 Å².